The number of nitrogens with one attached hydrogen (secondary N) is 1. The van der Waals surface area contributed by atoms with Gasteiger partial charge in [0, 0.05) is 5.69 Å². The van der Waals surface area contributed by atoms with E-state index < -0.39 is 39.5 Å². The lowest BCUT2D eigenvalue weighted by molar-refractivity contribution is -0.119. The average Bonchev–Trinajstić information content (AvgIpc) is 2.66. The number of halogens is 1. The van der Waals surface area contributed by atoms with Crippen LogP contribution in [0.1, 0.15) is 27.2 Å². The largest absolute Gasteiger partial charge is 0.486 e. The number of carbonyl (C=O) groups is 2. The smallest absolute Gasteiger partial charge is 0.412 e. The standard InChI is InChI=1S/C21H24FN3O6S/c1-21(2,3)31-20(27)24-14-6-9-18-17(10-14)25(12-15(30-18)11-19(23)26)32(28,29)16-7-4-13(22)5-8-16/h4-10,15H,11-12H2,1-3H3,(H2,23,26)(H,24,27). The van der Waals surface area contributed by atoms with Gasteiger partial charge in [0.15, 0.2) is 0 Å². The number of sulfonamides is 1. The van der Waals surface area contributed by atoms with Crippen LogP contribution in [0.4, 0.5) is 20.6 Å². The second-order valence-corrected chi connectivity index (χ2v) is 10.1. The molecular formula is C21H24FN3O6S. The fourth-order valence-electron chi connectivity index (χ4n) is 3.10. The highest BCUT2D eigenvalue weighted by Crippen LogP contribution is 2.39. The summed E-state index contributed by atoms with van der Waals surface area (Å²) in [5, 5.41) is 2.55. The summed E-state index contributed by atoms with van der Waals surface area (Å²) in [7, 11) is -4.14. The highest BCUT2D eigenvalue weighted by Gasteiger charge is 2.35. The molecule has 32 heavy (non-hydrogen) atoms. The summed E-state index contributed by atoms with van der Waals surface area (Å²) in [6, 6.07) is 8.77. The minimum absolute atomic E-state index is 0.142. The lowest BCUT2D eigenvalue weighted by Gasteiger charge is -2.35. The molecule has 3 rings (SSSR count). The van der Waals surface area contributed by atoms with Gasteiger partial charge >= 0.3 is 6.09 Å². The van der Waals surface area contributed by atoms with E-state index in [1.807, 2.05) is 0 Å². The molecule has 0 aliphatic carbocycles. The van der Waals surface area contributed by atoms with Crippen LogP contribution in [0.5, 0.6) is 5.75 Å². The normalized spacial score (nSPS) is 16.0. The van der Waals surface area contributed by atoms with Crippen molar-refractivity contribution in [1.82, 2.24) is 0 Å². The van der Waals surface area contributed by atoms with Gasteiger partial charge in [-0.05, 0) is 63.2 Å². The molecule has 1 heterocycles. The topological polar surface area (TPSA) is 128 Å². The van der Waals surface area contributed by atoms with Crippen LogP contribution in [0, 0.1) is 5.82 Å². The van der Waals surface area contributed by atoms with Crippen molar-refractivity contribution >= 4 is 33.4 Å². The van der Waals surface area contributed by atoms with Gasteiger partial charge in [0.2, 0.25) is 5.91 Å². The molecule has 1 aliphatic rings. The van der Waals surface area contributed by atoms with Crippen molar-refractivity contribution in [2.75, 3.05) is 16.2 Å². The van der Waals surface area contributed by atoms with E-state index in [4.69, 9.17) is 15.2 Å². The Labute approximate surface area is 185 Å². The van der Waals surface area contributed by atoms with Gasteiger partial charge in [0.1, 0.15) is 23.3 Å². The van der Waals surface area contributed by atoms with E-state index >= 15 is 0 Å². The first-order chi connectivity index (χ1) is 14.8. The number of carbonyl (C=O) groups excluding carboxylic acids is 2. The Hall–Kier alpha value is -3.34. The number of hydrogen-bond acceptors (Lipinski definition) is 6. The molecule has 0 saturated heterocycles. The fraction of sp³-hybridized carbons (Fsp3) is 0.333. The van der Waals surface area contributed by atoms with Gasteiger partial charge in [0.05, 0.1) is 23.5 Å². The number of fused-ring (bicyclic) bond motifs is 1. The fourth-order valence-corrected chi connectivity index (χ4v) is 4.60. The first kappa shape index (κ1) is 23.3. The molecule has 0 spiro atoms. The molecule has 2 amide bonds. The minimum Gasteiger partial charge on any atom is -0.486 e. The van der Waals surface area contributed by atoms with Crippen molar-refractivity contribution in [3.63, 3.8) is 0 Å². The minimum atomic E-state index is -4.14. The first-order valence-electron chi connectivity index (χ1n) is 9.72. The SMILES string of the molecule is CC(C)(C)OC(=O)Nc1ccc2c(c1)N(S(=O)(=O)c1ccc(F)cc1)CC(CC(N)=O)O2. The number of amides is 2. The summed E-state index contributed by atoms with van der Waals surface area (Å²) >= 11 is 0. The van der Waals surface area contributed by atoms with Crippen molar-refractivity contribution in [2.45, 2.75) is 43.8 Å². The van der Waals surface area contributed by atoms with Crippen LogP contribution in [0.2, 0.25) is 0 Å². The van der Waals surface area contributed by atoms with E-state index in [2.05, 4.69) is 5.32 Å². The van der Waals surface area contributed by atoms with Gasteiger partial charge in [-0.1, -0.05) is 0 Å². The Morgan fingerprint density at radius 2 is 1.88 bits per heavy atom. The van der Waals surface area contributed by atoms with Gasteiger partial charge in [-0.15, -0.1) is 0 Å². The number of rotatable bonds is 5. The number of hydrogen-bond donors (Lipinski definition) is 2. The van der Waals surface area contributed by atoms with Gasteiger partial charge in [-0.3, -0.25) is 14.4 Å². The molecule has 172 valence electrons. The second kappa shape index (κ2) is 8.65. The maximum Gasteiger partial charge on any atom is 0.412 e. The quantitative estimate of drug-likeness (QED) is 0.699. The highest BCUT2D eigenvalue weighted by atomic mass is 32.2. The Bertz CT molecular complexity index is 1130. The zero-order valence-corrected chi connectivity index (χ0v) is 18.6. The molecule has 0 fully saturated rings. The molecule has 0 aromatic heterocycles. The molecule has 1 aliphatic heterocycles. The van der Waals surface area contributed by atoms with Crippen molar-refractivity contribution < 1.29 is 31.9 Å². The molecule has 0 radical (unpaired) electrons. The predicted octanol–water partition coefficient (Wildman–Crippen LogP) is 3.00. The van der Waals surface area contributed by atoms with Crippen molar-refractivity contribution in [1.29, 1.82) is 0 Å². The third-order valence-corrected chi connectivity index (χ3v) is 6.16. The van der Waals surface area contributed by atoms with Crippen LogP contribution in [-0.4, -0.2) is 38.7 Å². The molecule has 2 aromatic rings. The maximum atomic E-state index is 13.3. The van der Waals surface area contributed by atoms with E-state index in [9.17, 15) is 22.4 Å². The summed E-state index contributed by atoms with van der Waals surface area (Å²) in [4.78, 5) is 23.4. The Morgan fingerprint density at radius 3 is 2.47 bits per heavy atom. The van der Waals surface area contributed by atoms with Crippen molar-refractivity contribution in [3.05, 3.63) is 48.3 Å². The molecule has 0 bridgehead atoms. The monoisotopic (exact) mass is 465 g/mol. The van der Waals surface area contributed by atoms with E-state index in [0.717, 1.165) is 28.6 Å². The Balaban J connectivity index is 2.00. The summed E-state index contributed by atoms with van der Waals surface area (Å²) < 4.78 is 52.0. The summed E-state index contributed by atoms with van der Waals surface area (Å²) in [6.45, 7) is 4.93. The third kappa shape index (κ3) is 5.47. The zero-order valence-electron chi connectivity index (χ0n) is 17.8. The number of nitrogens with zero attached hydrogens (tertiary/aromatic N) is 1. The lowest BCUT2D eigenvalue weighted by atomic mass is 10.1. The summed E-state index contributed by atoms with van der Waals surface area (Å²) in [5.41, 5.74) is 4.96. The molecule has 1 unspecified atom stereocenters. The molecule has 9 nitrogen and oxygen atoms in total. The molecule has 11 heteroatoms. The predicted molar refractivity (Wildman–Crippen MR) is 115 cm³/mol. The molecular weight excluding hydrogens is 441 g/mol. The number of ether oxygens (including phenoxy) is 2. The third-order valence-electron chi connectivity index (χ3n) is 4.37. The Morgan fingerprint density at radius 1 is 1.22 bits per heavy atom. The number of anilines is 2. The highest BCUT2D eigenvalue weighted by molar-refractivity contribution is 7.92. The maximum absolute atomic E-state index is 13.3. The van der Waals surface area contributed by atoms with Crippen LogP contribution in [-0.2, 0) is 19.6 Å². The van der Waals surface area contributed by atoms with Crippen LogP contribution in [0.15, 0.2) is 47.4 Å². The van der Waals surface area contributed by atoms with E-state index in [-0.39, 0.29) is 35.0 Å². The van der Waals surface area contributed by atoms with Crippen molar-refractivity contribution in [2.24, 2.45) is 5.73 Å². The molecule has 1 atom stereocenters. The molecule has 2 aromatic carbocycles. The van der Waals surface area contributed by atoms with E-state index in [1.54, 1.807) is 20.8 Å². The van der Waals surface area contributed by atoms with Crippen molar-refractivity contribution in [3.8, 4) is 5.75 Å². The molecule has 3 N–H and O–H groups in total. The van der Waals surface area contributed by atoms with Crippen LogP contribution in [0.25, 0.3) is 0 Å². The van der Waals surface area contributed by atoms with Gasteiger partial charge in [-0.25, -0.2) is 17.6 Å². The van der Waals surface area contributed by atoms with Crippen LogP contribution < -0.4 is 20.1 Å². The number of benzene rings is 2. The summed E-state index contributed by atoms with van der Waals surface area (Å²) in [6.07, 6.45) is -1.74. The Kier molecular flexibility index (Phi) is 6.31. The van der Waals surface area contributed by atoms with Gasteiger partial charge in [-0.2, -0.15) is 0 Å². The van der Waals surface area contributed by atoms with E-state index in [1.165, 1.54) is 18.2 Å². The number of primary amides is 1. The van der Waals surface area contributed by atoms with Crippen LogP contribution >= 0.6 is 0 Å². The van der Waals surface area contributed by atoms with Gasteiger partial charge in [0.25, 0.3) is 10.0 Å². The second-order valence-electron chi connectivity index (χ2n) is 8.21. The van der Waals surface area contributed by atoms with Gasteiger partial charge < -0.3 is 15.2 Å². The summed E-state index contributed by atoms with van der Waals surface area (Å²) in [5.74, 6) is -1.05. The first-order valence-corrected chi connectivity index (χ1v) is 11.2. The van der Waals surface area contributed by atoms with E-state index in [0.29, 0.717) is 0 Å². The lowest BCUT2D eigenvalue weighted by Crippen LogP contribution is -2.45. The van der Waals surface area contributed by atoms with Crippen LogP contribution in [0.3, 0.4) is 0 Å². The molecule has 0 saturated carbocycles. The zero-order chi connectivity index (χ0) is 23.7. The number of nitrogens with two attached hydrogens (primary N) is 1. The average molecular weight is 466 g/mol.